The second kappa shape index (κ2) is 19.3. The number of hydrogen-bond donors (Lipinski definition) is 8. The topological polar surface area (TPSA) is 222 Å². The quantitative estimate of drug-likeness (QED) is 0.0648. The van der Waals surface area contributed by atoms with Gasteiger partial charge in [0.15, 0.2) is 6.29 Å². The van der Waals surface area contributed by atoms with E-state index in [4.69, 9.17) is 30.5 Å². The van der Waals surface area contributed by atoms with Crippen LogP contribution in [0.2, 0.25) is 5.02 Å². The smallest absolute Gasteiger partial charge is 0.332 e. The first-order valence-corrected chi connectivity index (χ1v) is 16.5. The maximum absolute atomic E-state index is 12.4. The van der Waals surface area contributed by atoms with Gasteiger partial charge in [0.2, 0.25) is 0 Å². The molecule has 274 valence electrons. The average Bonchev–Trinajstić information content (AvgIpc) is 3.12. The number of esters is 1. The Bertz CT molecular complexity index is 1250. The summed E-state index contributed by atoms with van der Waals surface area (Å²) in [6, 6.07) is 18.2. The molecule has 0 radical (unpaired) electrons. The maximum atomic E-state index is 12.4. The monoisotopic (exact) mass is 714 g/mol. The molecule has 0 bridgehead atoms. The van der Waals surface area contributed by atoms with Gasteiger partial charge in [0.1, 0.15) is 62.0 Å². The van der Waals surface area contributed by atoms with Crippen LogP contribution in [-0.2, 0) is 23.7 Å². The molecule has 0 saturated carbocycles. The maximum Gasteiger partial charge on any atom is 0.332 e. The zero-order valence-corrected chi connectivity index (χ0v) is 27.7. The molecule has 49 heavy (non-hydrogen) atoms. The molecule has 0 aliphatic carbocycles. The fraction of sp³-hybridized carbons (Fsp3) is 0.606. The van der Waals surface area contributed by atoms with Crippen LogP contribution in [0.4, 0.5) is 0 Å². The van der Waals surface area contributed by atoms with Gasteiger partial charge >= 0.3 is 5.97 Å². The van der Waals surface area contributed by atoms with Crippen molar-refractivity contribution in [1.82, 2.24) is 9.80 Å². The van der Waals surface area contributed by atoms with E-state index in [2.05, 4.69) is 21.9 Å². The second-order valence-corrected chi connectivity index (χ2v) is 12.5. The van der Waals surface area contributed by atoms with Crippen LogP contribution in [0.5, 0.6) is 0 Å². The third-order valence-corrected chi connectivity index (χ3v) is 8.95. The Morgan fingerprint density at radius 2 is 1.53 bits per heavy atom. The molecule has 15 nitrogen and oxygen atoms in total. The summed E-state index contributed by atoms with van der Waals surface area (Å²) >= 11 is 6.14. The molecule has 0 spiro atoms. The summed E-state index contributed by atoms with van der Waals surface area (Å²) in [6.07, 6.45) is -15.9. The van der Waals surface area contributed by atoms with Crippen LogP contribution >= 0.6 is 11.6 Å². The zero-order chi connectivity index (χ0) is 35.5. The summed E-state index contributed by atoms with van der Waals surface area (Å²) in [6.45, 7) is 1.15. The minimum absolute atomic E-state index is 0.0807. The van der Waals surface area contributed by atoms with Crippen LogP contribution in [-0.4, -0.2) is 178 Å². The van der Waals surface area contributed by atoms with Crippen molar-refractivity contribution in [3.05, 3.63) is 70.7 Å². The normalized spacial score (nSPS) is 26.8. The fourth-order valence-electron chi connectivity index (χ4n) is 5.86. The Labute approximate surface area is 289 Å². The first kappa shape index (κ1) is 39.5. The van der Waals surface area contributed by atoms with Crippen LogP contribution in [0.1, 0.15) is 17.2 Å². The highest BCUT2D eigenvalue weighted by Gasteiger charge is 2.47. The van der Waals surface area contributed by atoms with Gasteiger partial charge in [-0.2, -0.15) is 0 Å². The molecule has 0 unspecified atom stereocenters. The van der Waals surface area contributed by atoms with Crippen molar-refractivity contribution in [2.24, 2.45) is 0 Å². The lowest BCUT2D eigenvalue weighted by Crippen LogP contribution is -2.61. The van der Waals surface area contributed by atoms with Crippen LogP contribution in [0.3, 0.4) is 0 Å². The number of rotatable bonds is 17. The fourth-order valence-corrected chi connectivity index (χ4v) is 5.99. The summed E-state index contributed by atoms with van der Waals surface area (Å²) in [5.74, 6) is -0.832. The number of carbonyl (C=O) groups excluding carboxylic acids is 1. The lowest BCUT2D eigenvalue weighted by Gasteiger charge is -2.42. The van der Waals surface area contributed by atoms with Crippen molar-refractivity contribution < 1.29 is 64.6 Å². The van der Waals surface area contributed by atoms with E-state index in [1.54, 1.807) is 0 Å². The van der Waals surface area contributed by atoms with Crippen LogP contribution in [0.15, 0.2) is 54.6 Å². The highest BCUT2D eigenvalue weighted by atomic mass is 35.5. The summed E-state index contributed by atoms with van der Waals surface area (Å²) in [4.78, 5) is 17.0. The molecule has 2 fully saturated rings. The van der Waals surface area contributed by atoms with E-state index >= 15 is 0 Å². The van der Waals surface area contributed by atoms with E-state index in [9.17, 15) is 45.6 Å². The summed E-state index contributed by atoms with van der Waals surface area (Å²) < 4.78 is 21.2. The Kier molecular flexibility index (Phi) is 15.6. The van der Waals surface area contributed by atoms with Crippen molar-refractivity contribution in [2.75, 3.05) is 65.8 Å². The summed E-state index contributed by atoms with van der Waals surface area (Å²) in [5.41, 5.74) is 2.35. The van der Waals surface area contributed by atoms with E-state index < -0.39 is 87.5 Å². The van der Waals surface area contributed by atoms with Gasteiger partial charge in [-0.3, -0.25) is 9.80 Å². The van der Waals surface area contributed by atoms with Crippen molar-refractivity contribution in [3.8, 4) is 0 Å². The third kappa shape index (κ3) is 10.8. The number of ether oxygens (including phenoxy) is 4. The van der Waals surface area contributed by atoms with Gasteiger partial charge in [-0.1, -0.05) is 54.1 Å². The van der Waals surface area contributed by atoms with E-state index in [0.717, 1.165) is 31.7 Å². The number of benzene rings is 2. The van der Waals surface area contributed by atoms with E-state index in [1.165, 1.54) is 5.56 Å². The van der Waals surface area contributed by atoms with Crippen molar-refractivity contribution in [2.45, 2.75) is 61.2 Å². The van der Waals surface area contributed by atoms with E-state index in [0.29, 0.717) is 11.6 Å². The lowest BCUT2D eigenvalue weighted by atomic mass is 9.96. The molecular weight excluding hydrogens is 668 g/mol. The molecule has 2 aromatic rings. The SMILES string of the molecule is O=C(COCCN1CCN([C@H](c2ccccc2)c2ccc(Cl)cc2)CC1)OC[C@@H](O)[C@@H](O[C@H]1O[C@H](CO)[C@@H](O)[C@H](O)[C@H]1O)[C@H](O)[C@@H](O)CO. The first-order chi connectivity index (χ1) is 23.5. The third-order valence-electron chi connectivity index (χ3n) is 8.70. The van der Waals surface area contributed by atoms with Gasteiger partial charge < -0.3 is 59.8 Å². The highest BCUT2D eigenvalue weighted by Crippen LogP contribution is 2.30. The Hall–Kier alpha value is -2.32. The molecule has 8 N–H and O–H groups in total. The molecule has 2 aromatic carbocycles. The van der Waals surface area contributed by atoms with Gasteiger partial charge in [-0.05, 0) is 23.3 Å². The summed E-state index contributed by atoms with van der Waals surface area (Å²) in [5, 5.41) is 80.7. The number of aliphatic hydroxyl groups excluding tert-OH is 8. The van der Waals surface area contributed by atoms with E-state index in [1.807, 2.05) is 42.5 Å². The molecule has 16 heteroatoms. The largest absolute Gasteiger partial charge is 0.461 e. The molecule has 2 heterocycles. The van der Waals surface area contributed by atoms with Gasteiger partial charge in [0.25, 0.3) is 0 Å². The number of piperazine rings is 1. The average molecular weight is 715 g/mol. The Morgan fingerprint density at radius 1 is 0.878 bits per heavy atom. The minimum atomic E-state index is -1.96. The van der Waals surface area contributed by atoms with Crippen molar-refractivity contribution in [1.29, 1.82) is 0 Å². The lowest BCUT2D eigenvalue weighted by molar-refractivity contribution is -0.327. The molecule has 2 aliphatic rings. The van der Waals surface area contributed by atoms with Gasteiger partial charge in [-0.15, -0.1) is 0 Å². The Morgan fingerprint density at radius 3 is 2.16 bits per heavy atom. The molecule has 0 amide bonds. The zero-order valence-electron chi connectivity index (χ0n) is 26.9. The molecule has 2 aliphatic heterocycles. The second-order valence-electron chi connectivity index (χ2n) is 12.1. The Balaban J connectivity index is 1.21. The van der Waals surface area contributed by atoms with Gasteiger partial charge in [0, 0.05) is 37.7 Å². The number of hydrogen-bond acceptors (Lipinski definition) is 15. The number of nitrogens with zero attached hydrogens (tertiary/aromatic N) is 2. The molecule has 2 saturated heterocycles. The van der Waals surface area contributed by atoms with Crippen LogP contribution in [0, 0.1) is 0 Å². The van der Waals surface area contributed by atoms with Crippen LogP contribution in [0.25, 0.3) is 0 Å². The predicted molar refractivity (Wildman–Crippen MR) is 173 cm³/mol. The predicted octanol–water partition coefficient (Wildman–Crippen LogP) is -2.13. The highest BCUT2D eigenvalue weighted by molar-refractivity contribution is 6.30. The number of aliphatic hydroxyl groups is 8. The number of halogens is 1. The van der Waals surface area contributed by atoms with E-state index in [-0.39, 0.29) is 12.6 Å². The standard InChI is InChI=1S/C33H47ClN2O13/c34-22-8-6-21(7-9-22)27(20-4-2-1-3-5-20)36-12-10-35(11-13-36)14-15-46-19-26(41)47-18-24(40)32(28(42)23(39)16-37)49-33-31(45)30(44)29(43)25(17-38)48-33/h1-9,23-25,27-33,37-40,42-45H,10-19H2/t23-,24+,25+,27+,28+,29+,30-,31+,32+,33+/m0/s1. The van der Waals surface area contributed by atoms with Gasteiger partial charge in [-0.25, -0.2) is 4.79 Å². The van der Waals surface area contributed by atoms with Crippen molar-refractivity contribution >= 4 is 17.6 Å². The summed E-state index contributed by atoms with van der Waals surface area (Å²) in [7, 11) is 0. The minimum Gasteiger partial charge on any atom is -0.461 e. The van der Waals surface area contributed by atoms with Crippen molar-refractivity contribution in [3.63, 3.8) is 0 Å². The first-order valence-electron chi connectivity index (χ1n) is 16.1. The molecule has 10 atom stereocenters. The molecule has 0 aromatic heterocycles. The molecular formula is C33H47ClN2O13. The number of carbonyl (C=O) groups is 1. The molecule has 4 rings (SSSR count). The van der Waals surface area contributed by atoms with Gasteiger partial charge in [0.05, 0.1) is 25.9 Å². The van der Waals surface area contributed by atoms with Crippen LogP contribution < -0.4 is 0 Å².